The summed E-state index contributed by atoms with van der Waals surface area (Å²) < 4.78 is 26.5. The van der Waals surface area contributed by atoms with Gasteiger partial charge < -0.3 is 15.9 Å². The van der Waals surface area contributed by atoms with Crippen LogP contribution in [0.3, 0.4) is 0 Å². The van der Waals surface area contributed by atoms with Gasteiger partial charge in [0.1, 0.15) is 4.90 Å². The standard InChI is InChI=1S/C10H14Cl2N2O4S/c1-10(4-15,5-16)14-19(17,18)9-7(12)2-6(11)3-8(9)13/h2-3,14-16H,4-5,13H2,1H3. The van der Waals surface area contributed by atoms with E-state index in [0.29, 0.717) is 0 Å². The molecule has 0 spiro atoms. The largest absolute Gasteiger partial charge is 0.398 e. The smallest absolute Gasteiger partial charge is 0.244 e. The first kappa shape index (κ1) is 16.5. The molecule has 0 bridgehead atoms. The molecule has 0 amide bonds. The molecule has 0 heterocycles. The molecule has 19 heavy (non-hydrogen) atoms. The maximum absolute atomic E-state index is 12.2. The molecular formula is C10H14Cl2N2O4S. The van der Waals surface area contributed by atoms with Crippen LogP contribution in [0.25, 0.3) is 0 Å². The summed E-state index contributed by atoms with van der Waals surface area (Å²) in [5.74, 6) is 0. The topological polar surface area (TPSA) is 113 Å². The zero-order chi connectivity index (χ0) is 14.8. The molecule has 1 rings (SSSR count). The first-order valence-electron chi connectivity index (χ1n) is 5.15. The highest BCUT2D eigenvalue weighted by Crippen LogP contribution is 2.31. The van der Waals surface area contributed by atoms with Crippen LogP contribution in [0.5, 0.6) is 0 Å². The number of rotatable bonds is 5. The molecule has 0 atom stereocenters. The van der Waals surface area contributed by atoms with Gasteiger partial charge in [-0.25, -0.2) is 13.1 Å². The highest BCUT2D eigenvalue weighted by molar-refractivity contribution is 7.89. The molecule has 0 saturated carbocycles. The third-order valence-corrected chi connectivity index (χ3v) is 4.77. The normalized spacial score (nSPS) is 12.7. The lowest BCUT2D eigenvalue weighted by atomic mass is 10.1. The van der Waals surface area contributed by atoms with E-state index < -0.39 is 28.8 Å². The van der Waals surface area contributed by atoms with Crippen molar-refractivity contribution >= 4 is 38.9 Å². The van der Waals surface area contributed by atoms with Crippen LogP contribution in [0.4, 0.5) is 5.69 Å². The Labute approximate surface area is 121 Å². The third-order valence-electron chi connectivity index (χ3n) is 2.38. The van der Waals surface area contributed by atoms with Gasteiger partial charge in [-0.3, -0.25) is 0 Å². The van der Waals surface area contributed by atoms with E-state index in [-0.39, 0.29) is 20.6 Å². The Hall–Kier alpha value is -0.570. The lowest BCUT2D eigenvalue weighted by Gasteiger charge is -2.26. The Bertz CT molecular complexity index is 550. The van der Waals surface area contributed by atoms with Crippen LogP contribution in [0, 0.1) is 0 Å². The van der Waals surface area contributed by atoms with Crippen LogP contribution in [0.1, 0.15) is 6.92 Å². The number of hydrogen-bond acceptors (Lipinski definition) is 5. The maximum atomic E-state index is 12.2. The number of benzene rings is 1. The molecule has 0 fully saturated rings. The fraction of sp³-hybridized carbons (Fsp3) is 0.400. The molecule has 0 aliphatic rings. The van der Waals surface area contributed by atoms with E-state index >= 15 is 0 Å². The van der Waals surface area contributed by atoms with Gasteiger partial charge in [-0.2, -0.15) is 0 Å². The molecular weight excluding hydrogens is 315 g/mol. The predicted octanol–water partition coefficient (Wildman–Crippen LogP) is 0.597. The average Bonchev–Trinajstić information content (AvgIpc) is 2.26. The van der Waals surface area contributed by atoms with Crippen molar-refractivity contribution in [2.45, 2.75) is 17.4 Å². The number of anilines is 1. The maximum Gasteiger partial charge on any atom is 0.244 e. The van der Waals surface area contributed by atoms with Crippen molar-refractivity contribution in [1.29, 1.82) is 0 Å². The number of nitrogen functional groups attached to an aromatic ring is 1. The molecule has 0 aliphatic heterocycles. The van der Waals surface area contributed by atoms with E-state index in [0.717, 1.165) is 0 Å². The Kier molecular flexibility index (Phi) is 5.05. The van der Waals surface area contributed by atoms with Crippen LogP contribution in [-0.4, -0.2) is 37.4 Å². The third kappa shape index (κ3) is 3.71. The minimum Gasteiger partial charge on any atom is -0.398 e. The van der Waals surface area contributed by atoms with Crippen LogP contribution in [0.15, 0.2) is 17.0 Å². The van der Waals surface area contributed by atoms with E-state index in [1.54, 1.807) is 0 Å². The lowest BCUT2D eigenvalue weighted by Crippen LogP contribution is -2.51. The fourth-order valence-electron chi connectivity index (χ4n) is 1.35. The second kappa shape index (κ2) is 5.82. The zero-order valence-electron chi connectivity index (χ0n) is 10.0. The lowest BCUT2D eigenvalue weighted by molar-refractivity contribution is 0.122. The summed E-state index contributed by atoms with van der Waals surface area (Å²) in [6, 6.07) is 2.49. The van der Waals surface area contributed by atoms with E-state index in [9.17, 15) is 8.42 Å². The van der Waals surface area contributed by atoms with Gasteiger partial charge in [0.25, 0.3) is 0 Å². The minimum atomic E-state index is -4.11. The highest BCUT2D eigenvalue weighted by atomic mass is 35.5. The monoisotopic (exact) mass is 328 g/mol. The van der Waals surface area contributed by atoms with Crippen molar-refractivity contribution in [3.05, 3.63) is 22.2 Å². The van der Waals surface area contributed by atoms with Gasteiger partial charge in [-0.1, -0.05) is 23.2 Å². The highest BCUT2D eigenvalue weighted by Gasteiger charge is 2.32. The van der Waals surface area contributed by atoms with Crippen molar-refractivity contribution in [3.8, 4) is 0 Å². The van der Waals surface area contributed by atoms with Crippen LogP contribution < -0.4 is 10.5 Å². The number of aliphatic hydroxyl groups is 2. The molecule has 5 N–H and O–H groups in total. The van der Waals surface area contributed by atoms with E-state index in [1.807, 2.05) is 0 Å². The van der Waals surface area contributed by atoms with Crippen molar-refractivity contribution in [2.75, 3.05) is 18.9 Å². The Morgan fingerprint density at radius 2 is 1.84 bits per heavy atom. The first-order chi connectivity index (χ1) is 8.65. The van der Waals surface area contributed by atoms with Crippen molar-refractivity contribution in [2.24, 2.45) is 0 Å². The number of nitrogens with two attached hydrogens (primary N) is 1. The molecule has 0 radical (unpaired) electrons. The Morgan fingerprint density at radius 1 is 1.32 bits per heavy atom. The Balaban J connectivity index is 3.29. The summed E-state index contributed by atoms with van der Waals surface area (Å²) in [4.78, 5) is -0.341. The van der Waals surface area contributed by atoms with Gasteiger partial charge in [0.15, 0.2) is 0 Å². The molecule has 1 aromatic rings. The molecule has 6 nitrogen and oxygen atoms in total. The van der Waals surface area contributed by atoms with E-state index in [2.05, 4.69) is 4.72 Å². The summed E-state index contributed by atoms with van der Waals surface area (Å²) in [5, 5.41) is 18.3. The van der Waals surface area contributed by atoms with Gasteiger partial charge in [0.05, 0.1) is 29.5 Å². The molecule has 9 heteroatoms. The second-order valence-electron chi connectivity index (χ2n) is 4.29. The number of halogens is 2. The van der Waals surface area contributed by atoms with E-state index in [4.69, 9.17) is 39.1 Å². The van der Waals surface area contributed by atoms with Gasteiger partial charge >= 0.3 is 0 Å². The van der Waals surface area contributed by atoms with Crippen LogP contribution in [0.2, 0.25) is 10.0 Å². The van der Waals surface area contributed by atoms with Crippen LogP contribution in [-0.2, 0) is 10.0 Å². The summed E-state index contributed by atoms with van der Waals surface area (Å²) in [6.07, 6.45) is 0. The van der Waals surface area contributed by atoms with Crippen molar-refractivity contribution in [3.63, 3.8) is 0 Å². The molecule has 108 valence electrons. The van der Waals surface area contributed by atoms with Gasteiger partial charge in [0.2, 0.25) is 10.0 Å². The molecule has 0 unspecified atom stereocenters. The number of sulfonamides is 1. The van der Waals surface area contributed by atoms with Gasteiger partial charge in [-0.15, -0.1) is 0 Å². The molecule has 0 saturated heterocycles. The van der Waals surface area contributed by atoms with Crippen molar-refractivity contribution in [1.82, 2.24) is 4.72 Å². The quantitative estimate of drug-likeness (QED) is 0.591. The van der Waals surface area contributed by atoms with Crippen LogP contribution >= 0.6 is 23.2 Å². The van der Waals surface area contributed by atoms with Gasteiger partial charge in [-0.05, 0) is 19.1 Å². The fourth-order valence-corrected chi connectivity index (χ4v) is 3.73. The summed E-state index contributed by atoms with van der Waals surface area (Å²) in [5.41, 5.74) is 4.05. The number of aliphatic hydroxyl groups excluding tert-OH is 2. The van der Waals surface area contributed by atoms with Gasteiger partial charge in [0, 0.05) is 5.02 Å². The SMILES string of the molecule is CC(CO)(CO)NS(=O)(=O)c1c(N)cc(Cl)cc1Cl. The second-order valence-corrected chi connectivity index (χ2v) is 6.75. The summed E-state index contributed by atoms with van der Waals surface area (Å²) >= 11 is 11.5. The number of hydrogen-bond donors (Lipinski definition) is 4. The Morgan fingerprint density at radius 3 is 2.26 bits per heavy atom. The minimum absolute atomic E-state index is 0.122. The predicted molar refractivity (Wildman–Crippen MR) is 73.8 cm³/mol. The molecule has 0 aromatic heterocycles. The molecule has 0 aliphatic carbocycles. The number of nitrogens with one attached hydrogen (secondary N) is 1. The van der Waals surface area contributed by atoms with E-state index in [1.165, 1.54) is 19.1 Å². The summed E-state index contributed by atoms with van der Waals surface area (Å²) in [6.45, 7) is 0.159. The van der Waals surface area contributed by atoms with Crippen molar-refractivity contribution < 1.29 is 18.6 Å². The average molecular weight is 329 g/mol. The zero-order valence-corrected chi connectivity index (χ0v) is 12.3. The molecule has 1 aromatic carbocycles. The summed E-state index contributed by atoms with van der Waals surface area (Å²) in [7, 11) is -4.11. The first-order valence-corrected chi connectivity index (χ1v) is 7.39.